The molecule has 0 aliphatic carbocycles. The van der Waals surface area contributed by atoms with Gasteiger partial charge in [0.05, 0.1) is 6.04 Å². The smallest absolute Gasteiger partial charge is 0.387 e. The molecule has 2 atom stereocenters. The van der Waals surface area contributed by atoms with Crippen molar-refractivity contribution in [1.29, 1.82) is 0 Å². The Labute approximate surface area is 205 Å². The summed E-state index contributed by atoms with van der Waals surface area (Å²) in [5, 5.41) is 1.81. The summed E-state index contributed by atoms with van der Waals surface area (Å²) in [4.78, 5) is 27.8. The van der Waals surface area contributed by atoms with Gasteiger partial charge in [-0.15, -0.1) is 0 Å². The lowest BCUT2D eigenvalue weighted by Crippen LogP contribution is -2.62. The highest BCUT2D eigenvalue weighted by molar-refractivity contribution is 5.96. The Morgan fingerprint density at radius 1 is 1.06 bits per heavy atom. The number of ether oxygens (including phenoxy) is 2. The largest absolute Gasteiger partial charge is 0.482 e. The molecule has 2 unspecified atom stereocenters. The van der Waals surface area contributed by atoms with Crippen molar-refractivity contribution in [3.8, 4) is 11.5 Å². The summed E-state index contributed by atoms with van der Waals surface area (Å²) in [7, 11) is 1.62. The van der Waals surface area contributed by atoms with E-state index in [1.807, 2.05) is 35.3 Å². The van der Waals surface area contributed by atoms with Crippen LogP contribution >= 0.6 is 0 Å². The zero-order valence-corrected chi connectivity index (χ0v) is 19.4. The van der Waals surface area contributed by atoms with Gasteiger partial charge in [0.2, 0.25) is 5.43 Å². The lowest BCUT2D eigenvalue weighted by molar-refractivity contribution is -0.0509. The van der Waals surface area contributed by atoms with E-state index in [4.69, 9.17) is 9.47 Å². The Morgan fingerprint density at radius 2 is 1.83 bits per heavy atom. The van der Waals surface area contributed by atoms with E-state index in [1.54, 1.807) is 7.05 Å². The Morgan fingerprint density at radius 3 is 2.58 bits per heavy atom. The number of alkyl halides is 2. The van der Waals surface area contributed by atoms with Gasteiger partial charge < -0.3 is 14.4 Å². The van der Waals surface area contributed by atoms with Crippen LogP contribution in [-0.4, -0.2) is 35.3 Å². The monoisotopic (exact) mass is 499 g/mol. The van der Waals surface area contributed by atoms with Crippen molar-refractivity contribution in [1.82, 2.24) is 9.58 Å². The number of hydrogen-bond acceptors (Lipinski definition) is 5. The van der Waals surface area contributed by atoms with E-state index in [0.717, 1.165) is 11.6 Å². The fourth-order valence-electron chi connectivity index (χ4n) is 4.98. The van der Waals surface area contributed by atoms with Gasteiger partial charge >= 0.3 is 6.61 Å². The van der Waals surface area contributed by atoms with E-state index in [9.17, 15) is 22.8 Å². The molecule has 2 aromatic carbocycles. The highest BCUT2D eigenvalue weighted by Crippen LogP contribution is 2.41. The number of rotatable bonds is 6. The first-order valence-electron chi connectivity index (χ1n) is 11.6. The molecule has 1 saturated heterocycles. The van der Waals surface area contributed by atoms with Gasteiger partial charge in [0.25, 0.3) is 5.91 Å². The molecule has 1 fully saturated rings. The molecule has 2 aliphatic rings. The van der Waals surface area contributed by atoms with Crippen LogP contribution in [0.2, 0.25) is 0 Å². The van der Waals surface area contributed by atoms with Gasteiger partial charge in [-0.2, -0.15) is 8.78 Å². The van der Waals surface area contributed by atoms with Crippen LogP contribution in [0.25, 0.3) is 0 Å². The number of nitrogens with zero attached hydrogens (tertiary/aromatic N) is 3. The van der Waals surface area contributed by atoms with Gasteiger partial charge in [-0.1, -0.05) is 30.3 Å². The molecule has 3 heterocycles. The van der Waals surface area contributed by atoms with Crippen LogP contribution in [0, 0.1) is 5.82 Å². The van der Waals surface area contributed by atoms with E-state index in [1.165, 1.54) is 34.0 Å². The predicted molar refractivity (Wildman–Crippen MR) is 125 cm³/mol. The highest BCUT2D eigenvalue weighted by Gasteiger charge is 2.44. The van der Waals surface area contributed by atoms with Crippen molar-refractivity contribution in [2.75, 3.05) is 12.1 Å². The quantitative estimate of drug-likeness (QED) is 0.502. The van der Waals surface area contributed by atoms with Crippen molar-refractivity contribution in [3.05, 3.63) is 93.7 Å². The Balaban J connectivity index is 1.61. The second kappa shape index (κ2) is 9.60. The van der Waals surface area contributed by atoms with Gasteiger partial charge in [0, 0.05) is 24.9 Å². The van der Waals surface area contributed by atoms with Crippen LogP contribution in [0.1, 0.15) is 46.9 Å². The van der Waals surface area contributed by atoms with Crippen LogP contribution < -0.4 is 19.9 Å². The molecular weight excluding hydrogens is 475 g/mol. The molecule has 3 aromatic rings. The number of carbonyl (C=O) groups is 1. The van der Waals surface area contributed by atoms with Crippen molar-refractivity contribution in [3.63, 3.8) is 0 Å². The number of amides is 1. The van der Waals surface area contributed by atoms with Crippen molar-refractivity contribution in [2.45, 2.75) is 44.7 Å². The van der Waals surface area contributed by atoms with Crippen LogP contribution in [-0.2, 0) is 6.61 Å². The second-order valence-electron chi connectivity index (χ2n) is 8.76. The minimum Gasteiger partial charge on any atom is -0.482 e. The van der Waals surface area contributed by atoms with Crippen LogP contribution in [0.3, 0.4) is 0 Å². The maximum Gasteiger partial charge on any atom is 0.387 e. The SMILES string of the molecule is CN1C(=O)c2c(OCc3ccccc3)c(=O)ccn2N2C(c3cc(F)ccc3OC(F)F)CCCC12. The fraction of sp³-hybridized carbons (Fsp3) is 0.308. The number of aromatic nitrogens is 1. The molecule has 10 heteroatoms. The minimum absolute atomic E-state index is 0.0248. The van der Waals surface area contributed by atoms with Gasteiger partial charge in [0.15, 0.2) is 11.4 Å². The average molecular weight is 499 g/mol. The normalized spacial score (nSPS) is 19.2. The topological polar surface area (TPSA) is 64.0 Å². The lowest BCUT2D eigenvalue weighted by atomic mass is 9.93. The Bertz CT molecular complexity index is 1330. The molecule has 7 nitrogen and oxygen atoms in total. The van der Waals surface area contributed by atoms with Crippen molar-refractivity contribution >= 4 is 5.91 Å². The first-order valence-corrected chi connectivity index (χ1v) is 11.6. The molecule has 0 spiro atoms. The molecule has 36 heavy (non-hydrogen) atoms. The average Bonchev–Trinajstić information content (AvgIpc) is 2.87. The number of hydrogen-bond donors (Lipinski definition) is 0. The first kappa shape index (κ1) is 23.8. The van der Waals surface area contributed by atoms with Gasteiger partial charge in [-0.25, -0.2) is 4.39 Å². The third-order valence-corrected chi connectivity index (χ3v) is 6.59. The lowest BCUT2D eigenvalue weighted by Gasteiger charge is -2.51. The van der Waals surface area contributed by atoms with Crippen LogP contribution in [0.5, 0.6) is 11.5 Å². The molecule has 1 amide bonds. The van der Waals surface area contributed by atoms with Gasteiger partial charge in [-0.05, 0) is 43.0 Å². The maximum atomic E-state index is 14.3. The molecular formula is C26H24F3N3O4. The van der Waals surface area contributed by atoms with E-state index in [-0.39, 0.29) is 29.4 Å². The van der Waals surface area contributed by atoms with E-state index < -0.39 is 36.0 Å². The maximum absolute atomic E-state index is 14.3. The van der Waals surface area contributed by atoms with Crippen LogP contribution in [0.4, 0.5) is 13.2 Å². The Hall–Kier alpha value is -3.95. The van der Waals surface area contributed by atoms with Gasteiger partial charge in [0.1, 0.15) is 24.3 Å². The summed E-state index contributed by atoms with van der Waals surface area (Å²) in [6, 6.07) is 13.3. The molecule has 1 aromatic heterocycles. The third kappa shape index (κ3) is 4.27. The fourth-order valence-corrected chi connectivity index (χ4v) is 4.98. The number of pyridine rings is 1. The van der Waals surface area contributed by atoms with Crippen molar-refractivity contribution in [2.24, 2.45) is 0 Å². The van der Waals surface area contributed by atoms with E-state index in [2.05, 4.69) is 0 Å². The Kier molecular flexibility index (Phi) is 6.34. The van der Waals surface area contributed by atoms with Crippen molar-refractivity contribution < 1.29 is 27.4 Å². The zero-order valence-electron chi connectivity index (χ0n) is 19.4. The van der Waals surface area contributed by atoms with E-state index >= 15 is 0 Å². The van der Waals surface area contributed by atoms with Crippen LogP contribution in [0.15, 0.2) is 65.6 Å². The number of piperidine rings is 1. The van der Waals surface area contributed by atoms with E-state index in [0.29, 0.717) is 19.3 Å². The summed E-state index contributed by atoms with van der Waals surface area (Å²) in [5.74, 6) is -1.24. The summed E-state index contributed by atoms with van der Waals surface area (Å²) in [6.07, 6.45) is 2.78. The third-order valence-electron chi connectivity index (χ3n) is 6.59. The number of fused-ring (bicyclic) bond motifs is 3. The summed E-state index contributed by atoms with van der Waals surface area (Å²) in [6.45, 7) is -3.01. The standard InChI is InChI=1S/C26H24F3N3O4/c1-30-22-9-5-8-19(18-14-17(27)10-11-21(18)36-26(28)29)32(22)31-13-12-20(33)24(23(31)25(30)34)35-15-16-6-3-2-4-7-16/h2-4,6-7,10-14,19,22,26H,5,8-9,15H2,1H3. The molecule has 0 radical (unpaired) electrons. The molecule has 2 aliphatic heterocycles. The van der Waals surface area contributed by atoms with Gasteiger partial charge in [-0.3, -0.25) is 19.3 Å². The summed E-state index contributed by atoms with van der Waals surface area (Å²) in [5.41, 5.74) is 0.618. The molecule has 188 valence electrons. The predicted octanol–water partition coefficient (Wildman–Crippen LogP) is 4.44. The molecule has 5 rings (SSSR count). The number of carbonyl (C=O) groups excluding carboxylic acids is 1. The molecule has 0 N–H and O–H groups in total. The highest BCUT2D eigenvalue weighted by atomic mass is 19.3. The summed E-state index contributed by atoms with van der Waals surface area (Å²) < 4.78 is 52.7. The summed E-state index contributed by atoms with van der Waals surface area (Å²) >= 11 is 0. The number of benzene rings is 2. The zero-order chi connectivity index (χ0) is 25.4. The molecule has 0 bridgehead atoms. The second-order valence-corrected chi connectivity index (χ2v) is 8.76. The first-order chi connectivity index (χ1) is 17.3. The number of halogens is 3. The molecule has 0 saturated carbocycles. The minimum atomic E-state index is -3.08.